The van der Waals surface area contributed by atoms with Gasteiger partial charge in [-0.3, -0.25) is 0 Å². The molecule has 0 aliphatic heterocycles. The molecule has 1 aromatic heterocycles. The zero-order valence-corrected chi connectivity index (χ0v) is 13.1. The smallest absolute Gasteiger partial charge is 0.243 e. The second-order valence-corrected chi connectivity index (χ2v) is 5.97. The maximum absolute atomic E-state index is 11.9. The maximum Gasteiger partial charge on any atom is 0.243 e. The summed E-state index contributed by atoms with van der Waals surface area (Å²) in [4.78, 5) is 7.81. The quantitative estimate of drug-likeness (QED) is 0.563. The first kappa shape index (κ1) is 17.8. The van der Waals surface area contributed by atoms with E-state index in [2.05, 4.69) is 20.0 Å². The molecule has 0 spiro atoms. The Kier molecular flexibility index (Phi) is 8.13. The summed E-state index contributed by atoms with van der Waals surface area (Å²) in [6, 6.07) is 0. The Morgan fingerprint density at radius 2 is 1.86 bits per heavy atom. The van der Waals surface area contributed by atoms with Gasteiger partial charge in [-0.15, -0.1) is 0 Å². The topological polar surface area (TPSA) is 102 Å². The zero-order valence-electron chi connectivity index (χ0n) is 12.3. The summed E-state index contributed by atoms with van der Waals surface area (Å²) in [6.07, 6.45) is 4.02. The van der Waals surface area contributed by atoms with Crippen molar-refractivity contribution in [3.05, 3.63) is 12.4 Å². The Hall–Kier alpha value is -1.29. The lowest BCUT2D eigenvalue weighted by atomic mass is 10.3. The molecule has 120 valence electrons. The SMILES string of the molecule is CNc1ncc(S(=O)(=O)NCCCCOCCOC)cn1. The average molecular weight is 318 g/mol. The molecule has 0 saturated heterocycles. The highest BCUT2D eigenvalue weighted by Gasteiger charge is 2.14. The molecule has 0 saturated carbocycles. The van der Waals surface area contributed by atoms with Crippen molar-refractivity contribution in [2.75, 3.05) is 45.8 Å². The molecule has 0 amide bonds. The number of nitrogens with one attached hydrogen (secondary N) is 2. The Morgan fingerprint density at radius 1 is 1.14 bits per heavy atom. The van der Waals surface area contributed by atoms with E-state index in [9.17, 15) is 8.42 Å². The van der Waals surface area contributed by atoms with Crippen LogP contribution in [0.25, 0.3) is 0 Å². The number of ether oxygens (including phenoxy) is 2. The van der Waals surface area contributed by atoms with Gasteiger partial charge in [-0.25, -0.2) is 23.1 Å². The van der Waals surface area contributed by atoms with E-state index in [4.69, 9.17) is 9.47 Å². The summed E-state index contributed by atoms with van der Waals surface area (Å²) in [6.45, 7) is 2.06. The molecule has 0 fully saturated rings. The summed E-state index contributed by atoms with van der Waals surface area (Å²) >= 11 is 0. The maximum atomic E-state index is 11.9. The fourth-order valence-electron chi connectivity index (χ4n) is 1.45. The van der Waals surface area contributed by atoms with E-state index in [0.717, 1.165) is 6.42 Å². The highest BCUT2D eigenvalue weighted by Crippen LogP contribution is 2.07. The lowest BCUT2D eigenvalue weighted by molar-refractivity contribution is 0.0689. The van der Waals surface area contributed by atoms with Crippen LogP contribution < -0.4 is 10.0 Å². The van der Waals surface area contributed by atoms with E-state index >= 15 is 0 Å². The van der Waals surface area contributed by atoms with Gasteiger partial charge in [0.15, 0.2) is 0 Å². The van der Waals surface area contributed by atoms with Crippen LogP contribution in [0.1, 0.15) is 12.8 Å². The summed E-state index contributed by atoms with van der Waals surface area (Å²) in [7, 11) is -0.271. The number of anilines is 1. The summed E-state index contributed by atoms with van der Waals surface area (Å²) in [5, 5.41) is 2.73. The fourth-order valence-corrected chi connectivity index (χ4v) is 2.41. The van der Waals surface area contributed by atoms with Gasteiger partial charge >= 0.3 is 0 Å². The fraction of sp³-hybridized carbons (Fsp3) is 0.667. The van der Waals surface area contributed by atoms with Crippen molar-refractivity contribution in [1.29, 1.82) is 0 Å². The van der Waals surface area contributed by atoms with Gasteiger partial charge in [0, 0.05) is 27.3 Å². The normalized spacial score (nSPS) is 11.5. The largest absolute Gasteiger partial charge is 0.382 e. The van der Waals surface area contributed by atoms with E-state index in [1.165, 1.54) is 12.4 Å². The summed E-state index contributed by atoms with van der Waals surface area (Å²) in [5.41, 5.74) is 0. The van der Waals surface area contributed by atoms with Crippen LogP contribution in [0.5, 0.6) is 0 Å². The molecule has 0 atom stereocenters. The lowest BCUT2D eigenvalue weighted by Gasteiger charge is -2.07. The van der Waals surface area contributed by atoms with Crippen LogP contribution in [0.2, 0.25) is 0 Å². The Labute approximate surface area is 125 Å². The molecule has 8 nitrogen and oxygen atoms in total. The Morgan fingerprint density at radius 3 is 2.48 bits per heavy atom. The summed E-state index contributed by atoms with van der Waals surface area (Å²) in [5.74, 6) is 0.377. The van der Waals surface area contributed by atoms with Crippen molar-refractivity contribution in [1.82, 2.24) is 14.7 Å². The first-order valence-electron chi connectivity index (χ1n) is 6.66. The van der Waals surface area contributed by atoms with Crippen molar-refractivity contribution in [2.24, 2.45) is 0 Å². The minimum absolute atomic E-state index is 0.0536. The lowest BCUT2D eigenvalue weighted by Crippen LogP contribution is -2.25. The number of hydrogen-bond donors (Lipinski definition) is 2. The molecule has 1 aromatic rings. The molecule has 0 radical (unpaired) electrons. The number of hydrogen-bond acceptors (Lipinski definition) is 7. The Balaban J connectivity index is 2.26. The number of nitrogens with zero attached hydrogens (tertiary/aromatic N) is 2. The molecular weight excluding hydrogens is 296 g/mol. The Bertz CT molecular complexity index is 492. The van der Waals surface area contributed by atoms with Crippen LogP contribution in [0, 0.1) is 0 Å². The second kappa shape index (κ2) is 9.61. The minimum atomic E-state index is -3.55. The zero-order chi connectivity index (χ0) is 15.6. The third-order valence-electron chi connectivity index (χ3n) is 2.60. The first-order valence-corrected chi connectivity index (χ1v) is 8.14. The van der Waals surface area contributed by atoms with E-state index < -0.39 is 10.0 Å². The predicted molar refractivity (Wildman–Crippen MR) is 78.7 cm³/mol. The van der Waals surface area contributed by atoms with Gasteiger partial charge in [0.25, 0.3) is 0 Å². The molecule has 0 unspecified atom stereocenters. The molecular formula is C12H22N4O4S. The molecule has 0 aliphatic rings. The van der Waals surface area contributed by atoms with Crippen LogP contribution >= 0.6 is 0 Å². The van der Waals surface area contributed by atoms with Gasteiger partial charge in [0.05, 0.1) is 25.6 Å². The van der Waals surface area contributed by atoms with Crippen LogP contribution in [0.3, 0.4) is 0 Å². The van der Waals surface area contributed by atoms with Crippen LogP contribution in [0.15, 0.2) is 17.3 Å². The number of aromatic nitrogens is 2. The first-order chi connectivity index (χ1) is 10.1. The molecule has 21 heavy (non-hydrogen) atoms. The predicted octanol–water partition coefficient (Wildman–Crippen LogP) is 0.240. The molecule has 2 N–H and O–H groups in total. The van der Waals surface area contributed by atoms with E-state index in [0.29, 0.717) is 38.7 Å². The van der Waals surface area contributed by atoms with E-state index in [1.807, 2.05) is 0 Å². The third-order valence-corrected chi connectivity index (χ3v) is 4.02. The van der Waals surface area contributed by atoms with Gasteiger partial charge < -0.3 is 14.8 Å². The molecule has 0 aromatic carbocycles. The van der Waals surface area contributed by atoms with Crippen LogP contribution in [-0.2, 0) is 19.5 Å². The van der Waals surface area contributed by atoms with E-state index in [-0.39, 0.29) is 4.90 Å². The van der Waals surface area contributed by atoms with Gasteiger partial charge in [0.2, 0.25) is 16.0 Å². The van der Waals surface area contributed by atoms with Gasteiger partial charge in [-0.05, 0) is 12.8 Å². The number of methoxy groups -OCH3 is 1. The van der Waals surface area contributed by atoms with Crippen LogP contribution in [0.4, 0.5) is 5.95 Å². The minimum Gasteiger partial charge on any atom is -0.382 e. The summed E-state index contributed by atoms with van der Waals surface area (Å²) < 4.78 is 36.5. The average Bonchev–Trinajstić information content (AvgIpc) is 2.50. The van der Waals surface area contributed by atoms with E-state index in [1.54, 1.807) is 14.2 Å². The molecule has 1 rings (SSSR count). The molecule has 9 heteroatoms. The van der Waals surface area contributed by atoms with Crippen molar-refractivity contribution in [3.63, 3.8) is 0 Å². The van der Waals surface area contributed by atoms with Crippen molar-refractivity contribution in [3.8, 4) is 0 Å². The standard InChI is InChI=1S/C12H22N4O4S/c1-13-12-14-9-11(10-15-12)21(17,18)16-5-3-4-6-20-8-7-19-2/h9-10,16H,3-8H2,1-2H3,(H,13,14,15). The third kappa shape index (κ3) is 6.80. The highest BCUT2D eigenvalue weighted by atomic mass is 32.2. The van der Waals surface area contributed by atoms with Gasteiger partial charge in [-0.2, -0.15) is 0 Å². The second-order valence-electron chi connectivity index (χ2n) is 4.20. The van der Waals surface area contributed by atoms with Gasteiger partial charge in [0.1, 0.15) is 4.90 Å². The highest BCUT2D eigenvalue weighted by molar-refractivity contribution is 7.89. The molecule has 1 heterocycles. The molecule has 0 bridgehead atoms. The van der Waals surface area contributed by atoms with Crippen molar-refractivity contribution < 1.29 is 17.9 Å². The monoisotopic (exact) mass is 318 g/mol. The van der Waals surface area contributed by atoms with Crippen molar-refractivity contribution in [2.45, 2.75) is 17.7 Å². The number of unbranched alkanes of at least 4 members (excludes halogenated alkanes) is 1. The number of rotatable bonds is 11. The molecule has 0 aliphatic carbocycles. The van der Waals surface area contributed by atoms with Crippen LogP contribution in [-0.4, -0.2) is 58.9 Å². The number of sulfonamides is 1. The van der Waals surface area contributed by atoms with Crippen molar-refractivity contribution >= 4 is 16.0 Å². The van der Waals surface area contributed by atoms with Gasteiger partial charge in [-0.1, -0.05) is 0 Å².